The van der Waals surface area contributed by atoms with Gasteiger partial charge in [0, 0.05) is 30.6 Å². The van der Waals surface area contributed by atoms with Crippen molar-refractivity contribution in [3.63, 3.8) is 0 Å². The Morgan fingerprint density at radius 1 is 1.00 bits per heavy atom. The van der Waals surface area contributed by atoms with Gasteiger partial charge in [0.1, 0.15) is 5.54 Å². The molecule has 5 aromatic rings. The summed E-state index contributed by atoms with van der Waals surface area (Å²) in [4.78, 5) is 17.2. The SMILES string of the molecule is C=Cc1cccc(-c2cc(=O)n(C)c3ccc(C(N)(c4ccc(Cl)cc4)c4cncn4C)cc23)c1. The maximum Gasteiger partial charge on any atom is 0.251 e. The molecule has 1 unspecified atom stereocenters. The molecular weight excluding hydrogens is 456 g/mol. The minimum absolute atomic E-state index is 0.0763. The van der Waals surface area contributed by atoms with Crippen LogP contribution in [0.25, 0.3) is 28.1 Å². The van der Waals surface area contributed by atoms with Gasteiger partial charge in [0.25, 0.3) is 5.56 Å². The fraction of sp³-hybridized carbons (Fsp3) is 0.103. The van der Waals surface area contributed by atoms with Gasteiger partial charge in [-0.1, -0.05) is 60.7 Å². The smallest absolute Gasteiger partial charge is 0.251 e. The number of nitrogens with zero attached hydrogens (tertiary/aromatic N) is 3. The van der Waals surface area contributed by atoms with Crippen LogP contribution in [0.1, 0.15) is 22.4 Å². The average molecular weight is 481 g/mol. The van der Waals surface area contributed by atoms with Crippen molar-refractivity contribution in [2.75, 3.05) is 0 Å². The van der Waals surface area contributed by atoms with Crippen molar-refractivity contribution in [3.8, 4) is 11.1 Å². The molecular formula is C29H25ClN4O. The number of imidazole rings is 1. The van der Waals surface area contributed by atoms with Crippen LogP contribution in [0.2, 0.25) is 5.02 Å². The molecule has 174 valence electrons. The topological polar surface area (TPSA) is 65.8 Å². The molecule has 1 atom stereocenters. The zero-order valence-corrected chi connectivity index (χ0v) is 20.3. The maximum atomic E-state index is 12.8. The summed E-state index contributed by atoms with van der Waals surface area (Å²) in [6, 6.07) is 23.2. The van der Waals surface area contributed by atoms with Gasteiger partial charge in [0.2, 0.25) is 0 Å². The van der Waals surface area contributed by atoms with Crippen molar-refractivity contribution >= 4 is 28.6 Å². The third kappa shape index (κ3) is 3.79. The van der Waals surface area contributed by atoms with Crippen LogP contribution in [-0.2, 0) is 19.6 Å². The van der Waals surface area contributed by atoms with Gasteiger partial charge in [0.05, 0.1) is 23.7 Å². The van der Waals surface area contributed by atoms with E-state index in [0.717, 1.165) is 44.4 Å². The van der Waals surface area contributed by atoms with Crippen LogP contribution in [0.5, 0.6) is 0 Å². The van der Waals surface area contributed by atoms with E-state index >= 15 is 0 Å². The summed E-state index contributed by atoms with van der Waals surface area (Å²) < 4.78 is 3.58. The van der Waals surface area contributed by atoms with E-state index in [4.69, 9.17) is 17.3 Å². The molecule has 0 saturated heterocycles. The summed E-state index contributed by atoms with van der Waals surface area (Å²) in [7, 11) is 3.71. The fourth-order valence-corrected chi connectivity index (χ4v) is 4.82. The molecule has 0 aliphatic rings. The largest absolute Gasteiger partial charge is 0.336 e. The standard InChI is InChI=1S/C29H25ClN4O/c1-4-19-6-5-7-20(14-19)24-16-28(35)34(3)26-13-10-22(15-25(24)26)29(31,27-17-32-18-33(27)2)21-8-11-23(30)12-9-21/h4-18H,1,31H2,2-3H3. The molecule has 5 rings (SSSR count). The van der Waals surface area contributed by atoms with Crippen molar-refractivity contribution in [3.05, 3.63) is 130 Å². The predicted molar refractivity (Wildman–Crippen MR) is 143 cm³/mol. The van der Waals surface area contributed by atoms with Crippen molar-refractivity contribution in [1.82, 2.24) is 14.1 Å². The molecule has 0 amide bonds. The van der Waals surface area contributed by atoms with Crippen LogP contribution in [-0.4, -0.2) is 14.1 Å². The first-order valence-corrected chi connectivity index (χ1v) is 11.6. The van der Waals surface area contributed by atoms with Gasteiger partial charge in [-0.15, -0.1) is 0 Å². The minimum Gasteiger partial charge on any atom is -0.336 e. The Labute approximate surface area is 208 Å². The first-order valence-electron chi connectivity index (χ1n) is 11.2. The van der Waals surface area contributed by atoms with Gasteiger partial charge in [-0.3, -0.25) is 4.79 Å². The van der Waals surface area contributed by atoms with E-state index in [1.165, 1.54) is 0 Å². The van der Waals surface area contributed by atoms with E-state index in [-0.39, 0.29) is 5.56 Å². The highest BCUT2D eigenvalue weighted by atomic mass is 35.5. The second-order valence-electron chi connectivity index (χ2n) is 8.72. The lowest BCUT2D eigenvalue weighted by Crippen LogP contribution is -2.41. The van der Waals surface area contributed by atoms with Crippen LogP contribution >= 0.6 is 11.6 Å². The highest BCUT2D eigenvalue weighted by molar-refractivity contribution is 6.30. The first kappa shape index (κ1) is 22.8. The second-order valence-corrected chi connectivity index (χ2v) is 9.16. The molecule has 0 radical (unpaired) electrons. The number of benzene rings is 3. The fourth-order valence-electron chi connectivity index (χ4n) is 4.69. The molecule has 0 aliphatic carbocycles. The molecule has 0 aliphatic heterocycles. The average Bonchev–Trinajstić information content (AvgIpc) is 3.32. The maximum absolute atomic E-state index is 12.8. The van der Waals surface area contributed by atoms with Gasteiger partial charge in [-0.25, -0.2) is 4.98 Å². The monoisotopic (exact) mass is 480 g/mol. The molecule has 0 fully saturated rings. The second kappa shape index (κ2) is 8.69. The summed E-state index contributed by atoms with van der Waals surface area (Å²) >= 11 is 6.19. The van der Waals surface area contributed by atoms with Crippen LogP contribution in [0.4, 0.5) is 0 Å². The highest BCUT2D eigenvalue weighted by Crippen LogP contribution is 2.37. The first-order chi connectivity index (χ1) is 16.8. The van der Waals surface area contributed by atoms with Crippen LogP contribution in [0, 0.1) is 0 Å². The van der Waals surface area contributed by atoms with E-state index < -0.39 is 5.54 Å². The number of pyridine rings is 1. The number of hydrogen-bond donors (Lipinski definition) is 1. The number of rotatable bonds is 5. The van der Waals surface area contributed by atoms with Crippen molar-refractivity contribution < 1.29 is 0 Å². The Bertz CT molecular complexity index is 1630. The molecule has 3 aromatic carbocycles. The number of fused-ring (bicyclic) bond motifs is 1. The van der Waals surface area contributed by atoms with E-state index in [2.05, 4.69) is 17.6 Å². The summed E-state index contributed by atoms with van der Waals surface area (Å²) in [5, 5.41) is 1.57. The summed E-state index contributed by atoms with van der Waals surface area (Å²) in [5.74, 6) is 0. The lowest BCUT2D eigenvalue weighted by atomic mass is 9.80. The van der Waals surface area contributed by atoms with Crippen LogP contribution in [0.15, 0.2) is 96.7 Å². The van der Waals surface area contributed by atoms with Gasteiger partial charge in [-0.2, -0.15) is 0 Å². The van der Waals surface area contributed by atoms with Crippen LogP contribution in [0.3, 0.4) is 0 Å². The Hall–Kier alpha value is -3.93. The lowest BCUT2D eigenvalue weighted by Gasteiger charge is -2.31. The van der Waals surface area contributed by atoms with E-state index in [1.807, 2.05) is 72.3 Å². The Morgan fingerprint density at radius 3 is 2.43 bits per heavy atom. The quantitative estimate of drug-likeness (QED) is 0.362. The number of nitrogens with two attached hydrogens (primary N) is 1. The van der Waals surface area contributed by atoms with Crippen molar-refractivity contribution in [1.29, 1.82) is 0 Å². The van der Waals surface area contributed by atoms with E-state index in [0.29, 0.717) is 5.02 Å². The Kier molecular flexibility index (Phi) is 5.67. The number of halogens is 1. The number of aromatic nitrogens is 3. The van der Waals surface area contributed by atoms with Crippen LogP contribution < -0.4 is 11.3 Å². The van der Waals surface area contributed by atoms with E-state index in [9.17, 15) is 4.79 Å². The molecule has 2 aromatic heterocycles. The third-order valence-electron chi connectivity index (χ3n) is 6.66. The normalized spacial score (nSPS) is 13.0. The molecule has 5 nitrogen and oxygen atoms in total. The zero-order chi connectivity index (χ0) is 24.7. The van der Waals surface area contributed by atoms with E-state index in [1.54, 1.807) is 36.3 Å². The van der Waals surface area contributed by atoms with Gasteiger partial charge < -0.3 is 14.9 Å². The summed E-state index contributed by atoms with van der Waals surface area (Å²) in [6.45, 7) is 3.88. The molecule has 0 bridgehead atoms. The van der Waals surface area contributed by atoms with Gasteiger partial charge >= 0.3 is 0 Å². The van der Waals surface area contributed by atoms with Gasteiger partial charge in [0.15, 0.2) is 0 Å². The minimum atomic E-state index is -1.00. The molecule has 35 heavy (non-hydrogen) atoms. The predicted octanol–water partition coefficient (Wildman–Crippen LogP) is 5.49. The summed E-state index contributed by atoms with van der Waals surface area (Å²) in [5.41, 5.74) is 12.4. The van der Waals surface area contributed by atoms with Crippen molar-refractivity contribution in [2.45, 2.75) is 5.54 Å². The number of aryl methyl sites for hydroxylation is 2. The molecule has 2 heterocycles. The number of hydrogen-bond acceptors (Lipinski definition) is 3. The molecule has 6 heteroatoms. The Balaban J connectivity index is 1.83. The van der Waals surface area contributed by atoms with Gasteiger partial charge in [-0.05, 0) is 58.1 Å². The van der Waals surface area contributed by atoms with Crippen molar-refractivity contribution in [2.24, 2.45) is 19.8 Å². The zero-order valence-electron chi connectivity index (χ0n) is 19.6. The summed E-state index contributed by atoms with van der Waals surface area (Å²) in [6.07, 6.45) is 5.32. The molecule has 0 spiro atoms. The molecule has 2 N–H and O–H groups in total. The molecule has 0 saturated carbocycles. The third-order valence-corrected chi connectivity index (χ3v) is 6.91. The lowest BCUT2D eigenvalue weighted by molar-refractivity contribution is 0.596. The Morgan fingerprint density at radius 2 is 1.74 bits per heavy atom. The highest BCUT2D eigenvalue weighted by Gasteiger charge is 2.35.